The van der Waals surface area contributed by atoms with Crippen molar-refractivity contribution < 1.29 is 55.7 Å². The van der Waals surface area contributed by atoms with Crippen LogP contribution in [0, 0.1) is 0 Å². The third-order valence-corrected chi connectivity index (χ3v) is 6.57. The van der Waals surface area contributed by atoms with Gasteiger partial charge in [-0.2, -0.15) is 37.7 Å². The van der Waals surface area contributed by atoms with Crippen molar-refractivity contribution in [3.05, 3.63) is 46.9 Å². The first-order chi connectivity index (χ1) is 18.5. The fraction of sp³-hybridized carbons (Fsp3) is 0.435. The predicted octanol–water partition coefficient (Wildman–Crippen LogP) is 3.25. The maximum Gasteiger partial charge on any atom is 0.490 e. The Morgan fingerprint density at radius 1 is 1.05 bits per heavy atom. The van der Waals surface area contributed by atoms with Gasteiger partial charge in [-0.05, 0) is 40.9 Å². The van der Waals surface area contributed by atoms with Gasteiger partial charge in [0.2, 0.25) is 11.8 Å². The molecule has 1 atom stereocenters. The lowest BCUT2D eigenvalue weighted by Gasteiger charge is -2.48. The zero-order chi connectivity index (χ0) is 30.3. The Labute approximate surface area is 227 Å². The number of aliphatic carboxylic acids is 2. The zero-order valence-corrected chi connectivity index (χ0v) is 21.6. The second-order valence-corrected chi connectivity index (χ2v) is 9.50. The van der Waals surface area contributed by atoms with Gasteiger partial charge in [0.05, 0.1) is 24.0 Å². The molecule has 2 aromatic rings. The van der Waals surface area contributed by atoms with E-state index < -0.39 is 24.3 Å². The van der Waals surface area contributed by atoms with Crippen LogP contribution in [-0.2, 0) is 25.7 Å². The van der Waals surface area contributed by atoms with Gasteiger partial charge in [-0.3, -0.25) is 19.5 Å². The molecule has 2 aliphatic heterocycles. The minimum absolute atomic E-state index is 0.0263. The van der Waals surface area contributed by atoms with E-state index in [2.05, 4.69) is 26.7 Å². The van der Waals surface area contributed by atoms with Gasteiger partial charge in [-0.15, -0.1) is 0 Å². The normalized spacial score (nSPS) is 19.4. The molecule has 2 amide bonds. The maximum atomic E-state index is 12.7. The van der Waals surface area contributed by atoms with Crippen LogP contribution in [0.1, 0.15) is 18.9 Å². The van der Waals surface area contributed by atoms with Crippen LogP contribution in [0.4, 0.5) is 32.0 Å². The average molecular weight is 599 g/mol. The molecule has 0 saturated carbocycles. The van der Waals surface area contributed by atoms with Gasteiger partial charge in [0.25, 0.3) is 0 Å². The van der Waals surface area contributed by atoms with Crippen LogP contribution in [0.5, 0.6) is 0 Å². The van der Waals surface area contributed by atoms with E-state index in [0.29, 0.717) is 6.54 Å². The lowest BCUT2D eigenvalue weighted by atomic mass is 9.92. The first-order valence-corrected chi connectivity index (χ1v) is 12.2. The number of aromatic nitrogens is 1. The molecule has 40 heavy (non-hydrogen) atoms. The molecule has 0 radical (unpaired) electrons. The summed E-state index contributed by atoms with van der Waals surface area (Å²) in [5.74, 6) is -5.59. The Hall–Kier alpha value is -3.73. The molecule has 2 N–H and O–H groups in total. The van der Waals surface area contributed by atoms with Crippen LogP contribution >= 0.6 is 11.3 Å². The number of piperazine rings is 1. The van der Waals surface area contributed by atoms with E-state index in [9.17, 15) is 35.9 Å². The lowest BCUT2D eigenvalue weighted by Crippen LogP contribution is -2.66. The van der Waals surface area contributed by atoms with Crippen LogP contribution in [0.2, 0.25) is 0 Å². The van der Waals surface area contributed by atoms with E-state index >= 15 is 0 Å². The number of pyridine rings is 1. The molecule has 1 unspecified atom stereocenters. The standard InChI is InChI=1S/C19H22N4O2S.2C2HF3O2/c1-15(24)23-11-18(25)22(17-3-2-6-20-9-17)14-19(23)5-7-21(13-19)10-16-4-8-26-12-16;2*3-2(4,5)1(6)7/h2-4,6,8-9,12H,5,7,10-11,13-14H2,1H3;2*(H,6,7). The third kappa shape index (κ3) is 8.90. The number of likely N-dealkylation sites (tertiary alicyclic amines) is 1. The van der Waals surface area contributed by atoms with Crippen LogP contribution < -0.4 is 4.90 Å². The molecule has 2 saturated heterocycles. The van der Waals surface area contributed by atoms with E-state index in [1.807, 2.05) is 12.1 Å². The van der Waals surface area contributed by atoms with Gasteiger partial charge in [-0.1, -0.05) is 0 Å². The fourth-order valence-corrected chi connectivity index (χ4v) is 4.78. The molecule has 10 nitrogen and oxygen atoms in total. The molecule has 220 valence electrons. The van der Waals surface area contributed by atoms with Gasteiger partial charge >= 0.3 is 24.3 Å². The van der Waals surface area contributed by atoms with Crippen molar-refractivity contribution in [2.45, 2.75) is 37.8 Å². The number of hydrogen-bond donors (Lipinski definition) is 2. The van der Waals surface area contributed by atoms with E-state index in [1.54, 1.807) is 40.5 Å². The number of carbonyl (C=O) groups excluding carboxylic acids is 2. The first-order valence-electron chi connectivity index (χ1n) is 11.3. The maximum absolute atomic E-state index is 12.7. The third-order valence-electron chi connectivity index (χ3n) is 5.84. The Bertz CT molecular complexity index is 1150. The highest BCUT2D eigenvalue weighted by Gasteiger charge is 2.50. The number of hydrogen-bond acceptors (Lipinski definition) is 7. The molecule has 0 aromatic carbocycles. The topological polar surface area (TPSA) is 131 Å². The fourth-order valence-electron chi connectivity index (χ4n) is 4.12. The molecule has 2 aliphatic rings. The summed E-state index contributed by atoms with van der Waals surface area (Å²) in [5, 5.41) is 18.5. The first kappa shape index (κ1) is 32.5. The van der Waals surface area contributed by atoms with Crippen LogP contribution in [0.3, 0.4) is 0 Å². The highest BCUT2D eigenvalue weighted by Crippen LogP contribution is 2.35. The number of amides is 2. The van der Waals surface area contributed by atoms with Crippen molar-refractivity contribution in [2.75, 3.05) is 31.1 Å². The Kier molecular flexibility index (Phi) is 10.6. The summed E-state index contributed by atoms with van der Waals surface area (Å²) in [6.07, 6.45) is -5.87. The van der Waals surface area contributed by atoms with Crippen LogP contribution in [-0.4, -0.2) is 92.8 Å². The summed E-state index contributed by atoms with van der Waals surface area (Å²) in [6.45, 7) is 4.82. The Morgan fingerprint density at radius 2 is 1.65 bits per heavy atom. The number of anilines is 1. The van der Waals surface area contributed by atoms with Crippen molar-refractivity contribution in [1.29, 1.82) is 0 Å². The lowest BCUT2D eigenvalue weighted by molar-refractivity contribution is -0.193. The number of carboxylic acids is 2. The quantitative estimate of drug-likeness (QED) is 0.515. The summed E-state index contributed by atoms with van der Waals surface area (Å²) in [4.78, 5) is 52.9. The van der Waals surface area contributed by atoms with E-state index in [4.69, 9.17) is 19.8 Å². The van der Waals surface area contributed by atoms with Crippen LogP contribution in [0.15, 0.2) is 41.4 Å². The van der Waals surface area contributed by atoms with E-state index in [0.717, 1.165) is 31.7 Å². The predicted molar refractivity (Wildman–Crippen MR) is 128 cm³/mol. The van der Waals surface area contributed by atoms with Gasteiger partial charge in [0.1, 0.15) is 6.54 Å². The average Bonchev–Trinajstić information content (AvgIpc) is 3.51. The van der Waals surface area contributed by atoms with Gasteiger partial charge in [-0.25, -0.2) is 9.59 Å². The smallest absolute Gasteiger partial charge is 0.475 e. The van der Waals surface area contributed by atoms with E-state index in [1.165, 1.54) is 5.56 Å². The Morgan fingerprint density at radius 3 is 2.10 bits per heavy atom. The number of alkyl halides is 6. The summed E-state index contributed by atoms with van der Waals surface area (Å²) in [6, 6.07) is 5.88. The number of rotatable bonds is 3. The molecule has 2 fully saturated rings. The Balaban J connectivity index is 0.000000333. The summed E-state index contributed by atoms with van der Waals surface area (Å²) in [5.41, 5.74) is 1.78. The molecule has 4 heterocycles. The second-order valence-electron chi connectivity index (χ2n) is 8.72. The van der Waals surface area contributed by atoms with E-state index in [-0.39, 0.29) is 23.9 Å². The molecule has 17 heteroatoms. The van der Waals surface area contributed by atoms with Gasteiger partial charge in [0.15, 0.2) is 0 Å². The number of carbonyl (C=O) groups is 4. The minimum Gasteiger partial charge on any atom is -0.475 e. The van der Waals surface area contributed by atoms with Crippen molar-refractivity contribution in [1.82, 2.24) is 14.8 Å². The van der Waals surface area contributed by atoms with Gasteiger partial charge < -0.3 is 20.0 Å². The number of carboxylic acid groups (broad SMARTS) is 2. The minimum atomic E-state index is -5.08. The highest BCUT2D eigenvalue weighted by atomic mass is 32.1. The van der Waals surface area contributed by atoms with Gasteiger partial charge in [0, 0.05) is 32.8 Å². The molecular formula is C23H24F6N4O6S. The SMILES string of the molecule is CC(=O)N1CC(=O)N(c2cccnc2)CC12CCN(Cc1ccsc1)C2.O=C(O)C(F)(F)F.O=C(O)C(F)(F)F. The molecule has 1 spiro atoms. The summed E-state index contributed by atoms with van der Waals surface area (Å²) < 4.78 is 63.5. The molecule has 2 aromatic heterocycles. The zero-order valence-electron chi connectivity index (χ0n) is 20.8. The van der Waals surface area contributed by atoms with Crippen molar-refractivity contribution in [3.8, 4) is 0 Å². The number of thiophene rings is 1. The van der Waals surface area contributed by atoms with Crippen molar-refractivity contribution in [3.63, 3.8) is 0 Å². The summed E-state index contributed by atoms with van der Waals surface area (Å²) in [7, 11) is 0. The number of halogens is 6. The second kappa shape index (κ2) is 13.1. The van der Waals surface area contributed by atoms with Crippen molar-refractivity contribution >= 4 is 40.8 Å². The number of nitrogens with zero attached hydrogens (tertiary/aromatic N) is 4. The molecular weight excluding hydrogens is 574 g/mol. The largest absolute Gasteiger partial charge is 0.490 e. The molecule has 0 aliphatic carbocycles. The molecule has 0 bridgehead atoms. The summed E-state index contributed by atoms with van der Waals surface area (Å²) >= 11 is 1.70. The monoisotopic (exact) mass is 598 g/mol. The molecule has 4 rings (SSSR count). The van der Waals surface area contributed by atoms with Crippen LogP contribution in [0.25, 0.3) is 0 Å². The highest BCUT2D eigenvalue weighted by molar-refractivity contribution is 7.07. The van der Waals surface area contributed by atoms with Crippen molar-refractivity contribution in [2.24, 2.45) is 0 Å².